The molecule has 6 heteroatoms. The molecule has 1 aromatic rings. The monoisotopic (exact) mass is 279 g/mol. The molecule has 102 valence electrons. The van der Waals surface area contributed by atoms with Crippen molar-refractivity contribution in [3.05, 3.63) is 29.3 Å². The van der Waals surface area contributed by atoms with Crippen molar-refractivity contribution >= 4 is 10.0 Å². The standard InChI is InChI=1S/C13H17N3O2S/c1-10-7-13(4-3-11(10)8-14)19(17,18)16-6-5-12(9-16)15-2/h3-4,7,12,15H,5-6,9H2,1-2H3. The lowest BCUT2D eigenvalue weighted by molar-refractivity contribution is 0.464. The van der Waals surface area contributed by atoms with E-state index in [9.17, 15) is 8.42 Å². The first-order valence-electron chi connectivity index (χ1n) is 6.17. The SMILES string of the molecule is CNC1CCN(S(=O)(=O)c2ccc(C#N)c(C)c2)C1. The molecule has 1 aromatic carbocycles. The van der Waals surface area contributed by atoms with Crippen molar-refractivity contribution in [3.8, 4) is 6.07 Å². The van der Waals surface area contributed by atoms with Crippen molar-refractivity contribution in [2.45, 2.75) is 24.3 Å². The Balaban J connectivity index is 2.31. The predicted octanol–water partition coefficient (Wildman–Crippen LogP) is 0.849. The molecule has 1 atom stereocenters. The topological polar surface area (TPSA) is 73.2 Å². The Kier molecular flexibility index (Phi) is 3.90. The molecule has 0 bridgehead atoms. The highest BCUT2D eigenvalue weighted by Crippen LogP contribution is 2.22. The summed E-state index contributed by atoms with van der Waals surface area (Å²) in [6.45, 7) is 2.78. The third-order valence-electron chi connectivity index (χ3n) is 3.52. The largest absolute Gasteiger partial charge is 0.316 e. The Morgan fingerprint density at radius 2 is 2.21 bits per heavy atom. The van der Waals surface area contributed by atoms with Gasteiger partial charge in [0.1, 0.15) is 0 Å². The summed E-state index contributed by atoms with van der Waals surface area (Å²) < 4.78 is 26.4. The molecular formula is C13H17N3O2S. The molecule has 1 saturated heterocycles. The minimum absolute atomic E-state index is 0.217. The summed E-state index contributed by atoms with van der Waals surface area (Å²) in [5.41, 5.74) is 1.20. The van der Waals surface area contributed by atoms with E-state index in [0.717, 1.165) is 6.42 Å². The first-order chi connectivity index (χ1) is 8.98. The summed E-state index contributed by atoms with van der Waals surface area (Å²) in [6.07, 6.45) is 0.824. The van der Waals surface area contributed by atoms with Crippen molar-refractivity contribution in [2.75, 3.05) is 20.1 Å². The van der Waals surface area contributed by atoms with Gasteiger partial charge >= 0.3 is 0 Å². The highest BCUT2D eigenvalue weighted by Gasteiger charge is 2.31. The van der Waals surface area contributed by atoms with Gasteiger partial charge in [-0.2, -0.15) is 9.57 Å². The zero-order valence-electron chi connectivity index (χ0n) is 11.0. The van der Waals surface area contributed by atoms with Crippen LogP contribution in [0.3, 0.4) is 0 Å². The van der Waals surface area contributed by atoms with E-state index in [1.807, 2.05) is 13.1 Å². The van der Waals surface area contributed by atoms with Crippen LogP contribution in [0.2, 0.25) is 0 Å². The summed E-state index contributed by atoms with van der Waals surface area (Å²) in [4.78, 5) is 0.265. The number of nitriles is 1. The first kappa shape index (κ1) is 14.0. The van der Waals surface area contributed by atoms with Crippen LogP contribution in [-0.4, -0.2) is 38.9 Å². The molecular weight excluding hydrogens is 262 g/mol. The van der Waals surface area contributed by atoms with Gasteiger partial charge in [0.2, 0.25) is 10.0 Å². The van der Waals surface area contributed by atoms with Gasteiger partial charge in [0.25, 0.3) is 0 Å². The van der Waals surface area contributed by atoms with Crippen LogP contribution in [0.15, 0.2) is 23.1 Å². The Morgan fingerprint density at radius 1 is 1.47 bits per heavy atom. The fourth-order valence-electron chi connectivity index (χ4n) is 2.25. The Hall–Kier alpha value is -1.42. The van der Waals surface area contributed by atoms with E-state index in [4.69, 9.17) is 5.26 Å². The van der Waals surface area contributed by atoms with E-state index in [1.165, 1.54) is 10.4 Å². The van der Waals surface area contributed by atoms with Crippen LogP contribution in [0, 0.1) is 18.3 Å². The van der Waals surface area contributed by atoms with Crippen LogP contribution in [-0.2, 0) is 10.0 Å². The lowest BCUT2D eigenvalue weighted by atomic mass is 10.1. The number of nitrogens with zero attached hydrogens (tertiary/aromatic N) is 2. The van der Waals surface area contributed by atoms with Crippen LogP contribution in [0.1, 0.15) is 17.5 Å². The second-order valence-electron chi connectivity index (χ2n) is 4.73. The molecule has 0 aromatic heterocycles. The van der Waals surface area contributed by atoms with Gasteiger partial charge in [-0.05, 0) is 44.2 Å². The van der Waals surface area contributed by atoms with Gasteiger partial charge in [-0.25, -0.2) is 8.42 Å². The highest BCUT2D eigenvalue weighted by atomic mass is 32.2. The summed E-state index contributed by atoms with van der Waals surface area (Å²) in [6, 6.07) is 6.90. The van der Waals surface area contributed by atoms with Crippen molar-refractivity contribution in [3.63, 3.8) is 0 Å². The Bertz CT molecular complexity index is 619. The van der Waals surface area contributed by atoms with E-state index in [0.29, 0.717) is 24.2 Å². The maximum Gasteiger partial charge on any atom is 0.243 e. The van der Waals surface area contributed by atoms with Gasteiger partial charge in [-0.1, -0.05) is 0 Å². The normalized spacial score (nSPS) is 20.4. The minimum atomic E-state index is -3.45. The summed E-state index contributed by atoms with van der Waals surface area (Å²) in [7, 11) is -1.61. The van der Waals surface area contributed by atoms with Gasteiger partial charge in [-0.3, -0.25) is 0 Å². The van der Waals surface area contributed by atoms with E-state index < -0.39 is 10.0 Å². The average Bonchev–Trinajstić information content (AvgIpc) is 2.88. The van der Waals surface area contributed by atoms with Crippen molar-refractivity contribution in [2.24, 2.45) is 0 Å². The summed E-state index contributed by atoms with van der Waals surface area (Å²) in [5.74, 6) is 0. The Labute approximate surface area is 113 Å². The summed E-state index contributed by atoms with van der Waals surface area (Å²) >= 11 is 0. The smallest absolute Gasteiger partial charge is 0.243 e. The lowest BCUT2D eigenvalue weighted by Crippen LogP contribution is -2.33. The van der Waals surface area contributed by atoms with E-state index in [-0.39, 0.29) is 10.9 Å². The molecule has 1 aliphatic heterocycles. The average molecular weight is 279 g/mol. The second kappa shape index (κ2) is 5.29. The molecule has 0 aliphatic carbocycles. The van der Waals surface area contributed by atoms with Gasteiger partial charge in [0.05, 0.1) is 16.5 Å². The van der Waals surface area contributed by atoms with Crippen LogP contribution in [0.25, 0.3) is 0 Å². The van der Waals surface area contributed by atoms with E-state index in [2.05, 4.69) is 5.32 Å². The molecule has 1 unspecified atom stereocenters. The number of hydrogen-bond donors (Lipinski definition) is 1. The highest BCUT2D eigenvalue weighted by molar-refractivity contribution is 7.89. The molecule has 0 spiro atoms. The van der Waals surface area contributed by atoms with E-state index in [1.54, 1.807) is 19.1 Å². The van der Waals surface area contributed by atoms with Crippen molar-refractivity contribution in [1.29, 1.82) is 5.26 Å². The number of benzene rings is 1. The molecule has 1 N–H and O–H groups in total. The molecule has 1 aliphatic rings. The zero-order chi connectivity index (χ0) is 14.0. The van der Waals surface area contributed by atoms with Gasteiger partial charge in [-0.15, -0.1) is 0 Å². The first-order valence-corrected chi connectivity index (χ1v) is 7.61. The van der Waals surface area contributed by atoms with Crippen molar-refractivity contribution in [1.82, 2.24) is 9.62 Å². The third-order valence-corrected chi connectivity index (χ3v) is 5.38. The number of aryl methyl sites for hydroxylation is 1. The number of sulfonamides is 1. The van der Waals surface area contributed by atoms with Crippen LogP contribution in [0.4, 0.5) is 0 Å². The fraction of sp³-hybridized carbons (Fsp3) is 0.462. The zero-order valence-corrected chi connectivity index (χ0v) is 11.9. The molecule has 2 rings (SSSR count). The van der Waals surface area contributed by atoms with Crippen molar-refractivity contribution < 1.29 is 8.42 Å². The van der Waals surface area contributed by atoms with Gasteiger partial charge in [0.15, 0.2) is 0 Å². The third kappa shape index (κ3) is 2.63. The molecule has 0 radical (unpaired) electrons. The number of hydrogen-bond acceptors (Lipinski definition) is 4. The quantitative estimate of drug-likeness (QED) is 0.890. The van der Waals surface area contributed by atoms with Crippen LogP contribution < -0.4 is 5.32 Å². The molecule has 19 heavy (non-hydrogen) atoms. The molecule has 0 amide bonds. The molecule has 1 heterocycles. The van der Waals surface area contributed by atoms with E-state index >= 15 is 0 Å². The van der Waals surface area contributed by atoms with Crippen LogP contribution in [0.5, 0.6) is 0 Å². The molecule has 0 saturated carbocycles. The number of nitrogens with one attached hydrogen (secondary N) is 1. The molecule has 1 fully saturated rings. The van der Waals surface area contributed by atoms with Crippen LogP contribution >= 0.6 is 0 Å². The van der Waals surface area contributed by atoms with Gasteiger partial charge < -0.3 is 5.32 Å². The maximum absolute atomic E-state index is 12.5. The minimum Gasteiger partial charge on any atom is -0.316 e. The van der Waals surface area contributed by atoms with Gasteiger partial charge in [0, 0.05) is 19.1 Å². The maximum atomic E-state index is 12.5. The molecule has 5 nitrogen and oxygen atoms in total. The number of likely N-dealkylation sites (N-methyl/N-ethyl adjacent to an activating group) is 1. The second-order valence-corrected chi connectivity index (χ2v) is 6.66. The summed E-state index contributed by atoms with van der Waals surface area (Å²) in [5, 5.41) is 12.0. The fourth-order valence-corrected chi connectivity index (χ4v) is 3.84. The predicted molar refractivity (Wildman–Crippen MR) is 72.1 cm³/mol. The lowest BCUT2D eigenvalue weighted by Gasteiger charge is -2.17. The number of rotatable bonds is 3. The Morgan fingerprint density at radius 3 is 2.74 bits per heavy atom.